The van der Waals surface area contributed by atoms with Gasteiger partial charge in [-0.25, -0.2) is 12.5 Å². The quantitative estimate of drug-likeness (QED) is 0.0308. The number of hydrogen-bond donors (Lipinski definition) is 3. The van der Waals surface area contributed by atoms with Gasteiger partial charge in [0.15, 0.2) is 0 Å². The van der Waals surface area contributed by atoms with Crippen molar-refractivity contribution in [3.05, 3.63) is 0 Å². The van der Waals surface area contributed by atoms with Crippen molar-refractivity contribution >= 4 is 60.8 Å². The van der Waals surface area contributed by atoms with Crippen molar-refractivity contribution in [2.45, 2.75) is 213 Å². The maximum atomic E-state index is 10.2. The third-order valence-corrected chi connectivity index (χ3v) is 9.58. The molecule has 314 valence electrons. The van der Waals surface area contributed by atoms with Gasteiger partial charge in [0.2, 0.25) is 0 Å². The minimum atomic E-state index is -4.23. The first-order chi connectivity index (χ1) is 24.2. The standard InChI is InChI=1S/3C12H26O4S.Na.H/c3*1-2-3-4-5-6-7-8-9-10-11-12-16-17(13,14)15;;/h3*2-12H2,1H3,(H,13,14,15);;. The molecular weight excluding hydrogens is 744 g/mol. The summed E-state index contributed by atoms with van der Waals surface area (Å²) in [6.45, 7) is 6.93. The van der Waals surface area contributed by atoms with Crippen molar-refractivity contribution in [1.29, 1.82) is 0 Å². The van der Waals surface area contributed by atoms with Crippen molar-refractivity contribution in [2.75, 3.05) is 19.8 Å². The molecule has 0 radical (unpaired) electrons. The molecule has 0 fully saturated rings. The molecule has 0 heterocycles. The first-order valence-electron chi connectivity index (χ1n) is 20.0. The number of unbranched alkanes of at least 4 members (excludes halogenated alkanes) is 27. The van der Waals surface area contributed by atoms with Gasteiger partial charge >= 0.3 is 60.8 Å². The van der Waals surface area contributed by atoms with Crippen LogP contribution in [0.2, 0.25) is 0 Å². The van der Waals surface area contributed by atoms with E-state index in [1.807, 2.05) is 0 Å². The Morgan fingerprint density at radius 3 is 0.558 bits per heavy atom. The van der Waals surface area contributed by atoms with Crippen LogP contribution in [-0.4, -0.2) is 88.3 Å². The van der Waals surface area contributed by atoms with E-state index < -0.39 is 31.2 Å². The summed E-state index contributed by atoms with van der Waals surface area (Å²) in [5, 5.41) is 0. The molecule has 0 spiro atoms. The predicted molar refractivity (Wildman–Crippen MR) is 215 cm³/mol. The summed E-state index contributed by atoms with van der Waals surface area (Å²) in [6, 6.07) is 0. The molecule has 0 aromatic carbocycles. The summed E-state index contributed by atoms with van der Waals surface area (Å²) in [5.74, 6) is 0. The molecule has 0 unspecified atom stereocenters. The van der Waals surface area contributed by atoms with Gasteiger partial charge in [-0.3, -0.25) is 13.7 Å². The third-order valence-electron chi connectivity index (χ3n) is 8.19. The van der Waals surface area contributed by atoms with Crippen LogP contribution >= 0.6 is 0 Å². The Morgan fingerprint density at radius 2 is 0.423 bits per heavy atom. The first-order valence-corrected chi connectivity index (χ1v) is 24.1. The van der Waals surface area contributed by atoms with Crippen LogP contribution in [0, 0.1) is 0 Å². The Balaban J connectivity index is -0.000000329. The zero-order valence-corrected chi connectivity index (χ0v) is 35.0. The average molecular weight is 823 g/mol. The predicted octanol–water partition coefficient (Wildman–Crippen LogP) is 10.5. The van der Waals surface area contributed by atoms with E-state index in [0.717, 1.165) is 38.5 Å². The van der Waals surface area contributed by atoms with E-state index in [1.165, 1.54) is 135 Å². The molecule has 16 heteroatoms. The van der Waals surface area contributed by atoms with E-state index in [1.54, 1.807) is 0 Å². The topological polar surface area (TPSA) is 191 Å². The molecule has 0 aliphatic heterocycles. The zero-order chi connectivity index (χ0) is 39.0. The molecule has 3 N–H and O–H groups in total. The second kappa shape index (κ2) is 44.3. The van der Waals surface area contributed by atoms with Crippen LogP contribution in [0.3, 0.4) is 0 Å². The van der Waals surface area contributed by atoms with Crippen molar-refractivity contribution < 1.29 is 51.5 Å². The fourth-order valence-electron chi connectivity index (χ4n) is 5.26. The normalized spacial score (nSPS) is 11.7. The van der Waals surface area contributed by atoms with Gasteiger partial charge in [0, 0.05) is 0 Å². The van der Waals surface area contributed by atoms with Crippen LogP contribution in [-0.2, 0) is 43.7 Å². The van der Waals surface area contributed by atoms with Crippen molar-refractivity contribution in [3.8, 4) is 0 Å². The van der Waals surface area contributed by atoms with E-state index in [-0.39, 0.29) is 49.4 Å². The second-order valence-electron chi connectivity index (χ2n) is 13.3. The minimum absolute atomic E-state index is 0. The first kappa shape index (κ1) is 59.3. The van der Waals surface area contributed by atoms with E-state index in [9.17, 15) is 25.3 Å². The van der Waals surface area contributed by atoms with Crippen LogP contribution in [0.5, 0.6) is 0 Å². The van der Waals surface area contributed by atoms with Gasteiger partial charge in [-0.05, 0) is 19.3 Å². The molecule has 0 aromatic rings. The monoisotopic (exact) mass is 822 g/mol. The second-order valence-corrected chi connectivity index (χ2v) is 16.6. The fourth-order valence-corrected chi connectivity index (χ4v) is 6.25. The number of rotatable bonds is 36. The van der Waals surface area contributed by atoms with Gasteiger partial charge in [0.25, 0.3) is 0 Å². The number of hydrogen-bond acceptors (Lipinski definition) is 9. The van der Waals surface area contributed by atoms with Crippen LogP contribution in [0.4, 0.5) is 0 Å². The molecule has 0 bridgehead atoms. The zero-order valence-electron chi connectivity index (χ0n) is 32.6. The fraction of sp³-hybridized carbons (Fsp3) is 1.00. The Hall–Kier alpha value is 0.610. The summed E-state index contributed by atoms with van der Waals surface area (Å²) in [4.78, 5) is 0. The molecular formula is C36H79NaO12S3. The van der Waals surface area contributed by atoms with Crippen LogP contribution in [0.15, 0.2) is 0 Å². The molecule has 12 nitrogen and oxygen atoms in total. The van der Waals surface area contributed by atoms with E-state index in [2.05, 4.69) is 33.3 Å². The molecule has 0 aliphatic carbocycles. The Bertz CT molecular complexity index is 883. The Morgan fingerprint density at radius 1 is 0.288 bits per heavy atom. The molecule has 0 rings (SSSR count). The summed E-state index contributed by atoms with van der Waals surface area (Å²) in [7, 11) is -12.7. The van der Waals surface area contributed by atoms with Crippen LogP contribution in [0.25, 0.3) is 0 Å². The van der Waals surface area contributed by atoms with Gasteiger partial charge in [0.05, 0.1) is 19.8 Å². The third kappa shape index (κ3) is 68.6. The van der Waals surface area contributed by atoms with Gasteiger partial charge in [-0.2, -0.15) is 25.3 Å². The molecule has 52 heavy (non-hydrogen) atoms. The van der Waals surface area contributed by atoms with Crippen LogP contribution < -0.4 is 0 Å². The van der Waals surface area contributed by atoms with E-state index >= 15 is 0 Å². The summed E-state index contributed by atoms with van der Waals surface area (Å²) >= 11 is 0. The summed E-state index contributed by atoms with van der Waals surface area (Å²) in [6.07, 6.45) is 35.6. The van der Waals surface area contributed by atoms with E-state index in [4.69, 9.17) is 13.7 Å². The maximum absolute atomic E-state index is 10.2. The molecule has 0 amide bonds. The van der Waals surface area contributed by atoms with E-state index in [0.29, 0.717) is 19.3 Å². The Labute approximate surface area is 343 Å². The SMILES string of the molecule is CCCCCCCCCCCCOS(=O)(=O)O.CCCCCCCCCCCCOS(=O)(=O)O.CCCCCCCCCCCCOS(=O)(=O)O.[NaH]. The van der Waals surface area contributed by atoms with Gasteiger partial charge in [-0.1, -0.05) is 194 Å². The average Bonchev–Trinajstić information content (AvgIpc) is 3.04. The molecule has 0 saturated carbocycles. The molecule has 0 aliphatic rings. The Kier molecular flexibility index (Phi) is 50.6. The van der Waals surface area contributed by atoms with Crippen LogP contribution in [0.1, 0.15) is 213 Å². The van der Waals surface area contributed by atoms with Crippen molar-refractivity contribution in [2.24, 2.45) is 0 Å². The van der Waals surface area contributed by atoms with Gasteiger partial charge in [0.1, 0.15) is 0 Å². The summed E-state index contributed by atoms with van der Waals surface area (Å²) < 4.78 is 99.0. The summed E-state index contributed by atoms with van der Waals surface area (Å²) in [5.41, 5.74) is 0. The van der Waals surface area contributed by atoms with Crippen molar-refractivity contribution in [1.82, 2.24) is 0 Å². The molecule has 0 atom stereocenters. The molecule has 0 saturated heterocycles. The van der Waals surface area contributed by atoms with Gasteiger partial charge < -0.3 is 0 Å². The molecule has 0 aromatic heterocycles. The van der Waals surface area contributed by atoms with Crippen molar-refractivity contribution in [3.63, 3.8) is 0 Å². The van der Waals surface area contributed by atoms with Gasteiger partial charge in [-0.15, -0.1) is 0 Å².